The lowest BCUT2D eigenvalue weighted by Gasteiger charge is -2.19. The number of carbonyl (C=O) groups is 1. The van der Waals surface area contributed by atoms with Crippen molar-refractivity contribution in [3.05, 3.63) is 53.6 Å². The summed E-state index contributed by atoms with van der Waals surface area (Å²) < 4.78 is 5.12. The van der Waals surface area contributed by atoms with Gasteiger partial charge in [0.05, 0.1) is 7.11 Å². The van der Waals surface area contributed by atoms with Crippen molar-refractivity contribution in [2.45, 2.75) is 20.3 Å². The number of benzene rings is 2. The van der Waals surface area contributed by atoms with Gasteiger partial charge in [-0.1, -0.05) is 19.9 Å². The number of phenolic OH excluding ortho intramolecular Hbond substituents is 2. The molecule has 0 aromatic heterocycles. The molecule has 0 heterocycles. The van der Waals surface area contributed by atoms with E-state index in [9.17, 15) is 15.0 Å². The van der Waals surface area contributed by atoms with Gasteiger partial charge in [0.25, 0.3) is 0 Å². The van der Waals surface area contributed by atoms with Crippen LogP contribution in [0.25, 0.3) is 0 Å². The van der Waals surface area contributed by atoms with Crippen molar-refractivity contribution in [2.75, 3.05) is 7.11 Å². The topological polar surface area (TPSA) is 66.8 Å². The van der Waals surface area contributed by atoms with Gasteiger partial charge in [0.1, 0.15) is 5.75 Å². The summed E-state index contributed by atoms with van der Waals surface area (Å²) in [7, 11) is 1.51. The second kappa shape index (κ2) is 7.18. The number of hydrogen-bond donors (Lipinski definition) is 2. The molecule has 23 heavy (non-hydrogen) atoms. The molecular formula is C19H22O4. The molecule has 122 valence electrons. The molecule has 0 saturated heterocycles. The Morgan fingerprint density at radius 1 is 1.09 bits per heavy atom. The molecule has 0 radical (unpaired) electrons. The summed E-state index contributed by atoms with van der Waals surface area (Å²) in [6.07, 6.45) is 0.710. The molecule has 0 aliphatic carbocycles. The Morgan fingerprint density at radius 3 is 2.35 bits per heavy atom. The van der Waals surface area contributed by atoms with E-state index in [1.165, 1.54) is 19.2 Å². The lowest BCUT2D eigenvalue weighted by atomic mass is 9.84. The second-order valence-electron chi connectivity index (χ2n) is 5.89. The van der Waals surface area contributed by atoms with Crippen molar-refractivity contribution in [1.29, 1.82) is 0 Å². The van der Waals surface area contributed by atoms with Crippen LogP contribution in [0.5, 0.6) is 17.2 Å². The lowest BCUT2D eigenvalue weighted by Crippen LogP contribution is -2.20. The average molecular weight is 314 g/mol. The predicted molar refractivity (Wildman–Crippen MR) is 89.1 cm³/mol. The summed E-state index contributed by atoms with van der Waals surface area (Å²) in [5.74, 6) is 0.732. The zero-order chi connectivity index (χ0) is 17.0. The molecule has 0 amide bonds. The zero-order valence-corrected chi connectivity index (χ0v) is 13.6. The first-order valence-corrected chi connectivity index (χ1v) is 7.61. The third kappa shape index (κ3) is 4.03. The fourth-order valence-electron chi connectivity index (χ4n) is 2.54. The SMILES string of the molecule is COc1cc(CC(C)C(C)C(=O)c2ccc(O)cc2)ccc1O. The van der Waals surface area contributed by atoms with E-state index < -0.39 is 0 Å². The third-order valence-corrected chi connectivity index (χ3v) is 4.22. The molecule has 0 spiro atoms. The van der Waals surface area contributed by atoms with Crippen molar-refractivity contribution in [3.8, 4) is 17.2 Å². The van der Waals surface area contributed by atoms with Crippen molar-refractivity contribution in [2.24, 2.45) is 11.8 Å². The molecule has 4 nitrogen and oxygen atoms in total. The van der Waals surface area contributed by atoms with Crippen LogP contribution in [0.3, 0.4) is 0 Å². The minimum Gasteiger partial charge on any atom is -0.508 e. The van der Waals surface area contributed by atoms with Gasteiger partial charge in [-0.25, -0.2) is 0 Å². The molecule has 2 unspecified atom stereocenters. The van der Waals surface area contributed by atoms with Crippen LogP contribution in [0.15, 0.2) is 42.5 Å². The van der Waals surface area contributed by atoms with Crippen molar-refractivity contribution in [1.82, 2.24) is 0 Å². The van der Waals surface area contributed by atoms with E-state index in [1.807, 2.05) is 19.9 Å². The molecule has 0 aliphatic rings. The Kier molecular flexibility index (Phi) is 5.27. The van der Waals surface area contributed by atoms with Gasteiger partial charge in [-0.2, -0.15) is 0 Å². The van der Waals surface area contributed by atoms with Crippen LogP contribution in [0.2, 0.25) is 0 Å². The minimum absolute atomic E-state index is 0.0586. The highest BCUT2D eigenvalue weighted by molar-refractivity contribution is 5.97. The van der Waals surface area contributed by atoms with Crippen LogP contribution in [0.1, 0.15) is 29.8 Å². The fourth-order valence-corrected chi connectivity index (χ4v) is 2.54. The number of ether oxygens (including phenoxy) is 1. The van der Waals surface area contributed by atoms with Crippen molar-refractivity contribution >= 4 is 5.78 Å². The Labute approximate surface area is 136 Å². The van der Waals surface area contributed by atoms with Crippen LogP contribution >= 0.6 is 0 Å². The molecule has 2 rings (SSSR count). The van der Waals surface area contributed by atoms with Crippen LogP contribution in [-0.2, 0) is 6.42 Å². The molecule has 2 aromatic rings. The first-order chi connectivity index (χ1) is 10.9. The summed E-state index contributed by atoms with van der Waals surface area (Å²) in [6, 6.07) is 11.6. The van der Waals surface area contributed by atoms with Crippen LogP contribution < -0.4 is 4.74 Å². The standard InChI is InChI=1S/C19H22O4/c1-12(10-14-4-9-17(21)18(11-14)23-3)13(2)19(22)15-5-7-16(20)8-6-15/h4-9,11-13,20-21H,10H2,1-3H3. The van der Waals surface area contributed by atoms with E-state index in [2.05, 4.69) is 0 Å². The maximum absolute atomic E-state index is 12.5. The molecule has 2 N–H and O–H groups in total. The molecule has 4 heteroatoms. The number of rotatable bonds is 6. The first kappa shape index (κ1) is 16.9. The second-order valence-corrected chi connectivity index (χ2v) is 5.89. The highest BCUT2D eigenvalue weighted by Crippen LogP contribution is 2.29. The van der Waals surface area contributed by atoms with Gasteiger partial charge in [0.2, 0.25) is 0 Å². The van der Waals surface area contributed by atoms with Crippen LogP contribution in [0, 0.1) is 11.8 Å². The van der Waals surface area contributed by atoms with Gasteiger partial charge >= 0.3 is 0 Å². The van der Waals surface area contributed by atoms with E-state index in [4.69, 9.17) is 4.74 Å². The number of aromatic hydroxyl groups is 2. The summed E-state index contributed by atoms with van der Waals surface area (Å²) in [5, 5.41) is 18.9. The number of hydrogen-bond acceptors (Lipinski definition) is 4. The zero-order valence-electron chi connectivity index (χ0n) is 13.6. The van der Waals surface area contributed by atoms with E-state index in [0.717, 1.165) is 5.56 Å². The lowest BCUT2D eigenvalue weighted by molar-refractivity contribution is 0.0893. The summed E-state index contributed by atoms with van der Waals surface area (Å²) >= 11 is 0. The smallest absolute Gasteiger partial charge is 0.165 e. The number of phenols is 2. The maximum Gasteiger partial charge on any atom is 0.165 e. The van der Waals surface area contributed by atoms with E-state index in [-0.39, 0.29) is 29.1 Å². The van der Waals surface area contributed by atoms with Gasteiger partial charge in [-0.15, -0.1) is 0 Å². The third-order valence-electron chi connectivity index (χ3n) is 4.22. The Bertz CT molecular complexity index is 676. The van der Waals surface area contributed by atoms with Gasteiger partial charge in [0.15, 0.2) is 17.3 Å². The van der Waals surface area contributed by atoms with Crippen LogP contribution in [0.4, 0.5) is 0 Å². The van der Waals surface area contributed by atoms with Crippen molar-refractivity contribution in [3.63, 3.8) is 0 Å². The summed E-state index contributed by atoms with van der Waals surface area (Å²) in [4.78, 5) is 12.5. The molecule has 0 fully saturated rings. The van der Waals surface area contributed by atoms with E-state index in [1.54, 1.807) is 24.3 Å². The van der Waals surface area contributed by atoms with E-state index in [0.29, 0.717) is 17.7 Å². The Balaban J connectivity index is 2.08. The van der Waals surface area contributed by atoms with E-state index >= 15 is 0 Å². The molecule has 2 atom stereocenters. The van der Waals surface area contributed by atoms with Gasteiger partial charge < -0.3 is 14.9 Å². The molecule has 0 bridgehead atoms. The Morgan fingerprint density at radius 2 is 1.74 bits per heavy atom. The average Bonchev–Trinajstić information content (AvgIpc) is 2.55. The number of ketones is 1. The monoisotopic (exact) mass is 314 g/mol. The maximum atomic E-state index is 12.5. The molecule has 0 saturated carbocycles. The minimum atomic E-state index is -0.153. The van der Waals surface area contributed by atoms with Crippen LogP contribution in [-0.4, -0.2) is 23.1 Å². The van der Waals surface area contributed by atoms with Gasteiger partial charge in [0, 0.05) is 11.5 Å². The normalized spacial score (nSPS) is 13.3. The number of methoxy groups -OCH3 is 1. The fraction of sp³-hybridized carbons (Fsp3) is 0.316. The van der Waals surface area contributed by atoms with Gasteiger partial charge in [-0.3, -0.25) is 4.79 Å². The summed E-state index contributed by atoms with van der Waals surface area (Å²) in [6.45, 7) is 3.94. The molecule has 2 aromatic carbocycles. The molecule has 0 aliphatic heterocycles. The quantitative estimate of drug-likeness (QED) is 0.796. The predicted octanol–water partition coefficient (Wildman–Crippen LogP) is 3.80. The number of carbonyl (C=O) groups excluding carboxylic acids is 1. The molecular weight excluding hydrogens is 292 g/mol. The largest absolute Gasteiger partial charge is 0.508 e. The highest BCUT2D eigenvalue weighted by Gasteiger charge is 2.22. The Hall–Kier alpha value is -2.49. The highest BCUT2D eigenvalue weighted by atomic mass is 16.5. The first-order valence-electron chi connectivity index (χ1n) is 7.61. The van der Waals surface area contributed by atoms with Gasteiger partial charge in [-0.05, 0) is 54.3 Å². The summed E-state index contributed by atoms with van der Waals surface area (Å²) in [5.41, 5.74) is 1.61. The number of Topliss-reactive ketones (excluding diaryl/α,β-unsaturated/α-hetero) is 1. The van der Waals surface area contributed by atoms with Crippen molar-refractivity contribution < 1.29 is 19.7 Å².